The van der Waals surface area contributed by atoms with Crippen LogP contribution >= 0.6 is 15.9 Å². The van der Waals surface area contributed by atoms with Gasteiger partial charge >= 0.3 is 0 Å². The van der Waals surface area contributed by atoms with E-state index in [1.165, 1.54) is 37.3 Å². The number of aliphatic hydroxyl groups excluding tert-OH is 1. The Balaban J connectivity index is 2.47. The summed E-state index contributed by atoms with van der Waals surface area (Å²) < 4.78 is 33.0. The van der Waals surface area contributed by atoms with Crippen LogP contribution in [0.25, 0.3) is 0 Å². The van der Waals surface area contributed by atoms with E-state index in [2.05, 4.69) is 15.9 Å². The average Bonchev–Trinajstić information content (AvgIpc) is 2.37. The summed E-state index contributed by atoms with van der Waals surface area (Å²) in [7, 11) is 0. The van der Waals surface area contributed by atoms with Crippen LogP contribution in [0.15, 0.2) is 34.8 Å². The van der Waals surface area contributed by atoms with Crippen LogP contribution in [0.4, 0.5) is 8.78 Å². The molecule has 1 N–H and O–H groups in total. The van der Waals surface area contributed by atoms with Crippen molar-refractivity contribution in [1.29, 1.82) is 0 Å². The summed E-state index contributed by atoms with van der Waals surface area (Å²) in [6.45, 7) is 3.10. The maximum atomic E-state index is 13.6. The van der Waals surface area contributed by atoms with Crippen LogP contribution in [-0.4, -0.2) is 5.11 Å². The summed E-state index contributed by atoms with van der Waals surface area (Å²) in [4.78, 5) is 0. The maximum Gasteiger partial charge on any atom is 0.144 e. The third-order valence-electron chi connectivity index (χ3n) is 2.85. The highest BCUT2D eigenvalue weighted by Gasteiger charge is 2.15. The van der Waals surface area contributed by atoms with E-state index in [0.717, 1.165) is 0 Å². The first kappa shape index (κ1) is 14.9. The summed E-state index contributed by atoms with van der Waals surface area (Å²) >= 11 is 3.25. The second-order valence-electron chi connectivity index (χ2n) is 4.49. The highest BCUT2D eigenvalue weighted by molar-refractivity contribution is 9.10. The molecule has 2 aromatic rings. The molecule has 0 aromatic heterocycles. The Labute approximate surface area is 124 Å². The van der Waals surface area contributed by atoms with Gasteiger partial charge in [0.05, 0.1) is 10.6 Å². The van der Waals surface area contributed by atoms with Gasteiger partial charge < -0.3 is 9.84 Å². The van der Waals surface area contributed by atoms with Gasteiger partial charge in [0.1, 0.15) is 23.1 Å². The third kappa shape index (κ3) is 3.16. The number of aryl methyl sites for hydroxylation is 1. The summed E-state index contributed by atoms with van der Waals surface area (Å²) in [5.41, 5.74) is 0.696. The minimum absolute atomic E-state index is 0.262. The zero-order valence-electron chi connectivity index (χ0n) is 11.0. The van der Waals surface area contributed by atoms with Crippen LogP contribution in [0, 0.1) is 18.6 Å². The largest absolute Gasteiger partial charge is 0.456 e. The van der Waals surface area contributed by atoms with E-state index in [1.807, 2.05) is 0 Å². The van der Waals surface area contributed by atoms with Gasteiger partial charge in [-0.15, -0.1) is 0 Å². The third-order valence-corrected chi connectivity index (χ3v) is 3.51. The lowest BCUT2D eigenvalue weighted by atomic mass is 10.1. The van der Waals surface area contributed by atoms with Crippen LogP contribution < -0.4 is 4.74 Å². The van der Waals surface area contributed by atoms with Gasteiger partial charge in [0.25, 0.3) is 0 Å². The average molecular weight is 343 g/mol. The van der Waals surface area contributed by atoms with Gasteiger partial charge in [0.15, 0.2) is 0 Å². The summed E-state index contributed by atoms with van der Waals surface area (Å²) in [5, 5.41) is 9.69. The molecular weight excluding hydrogens is 330 g/mol. The SMILES string of the molecule is Cc1cc(Oc2cc(F)ccc2Br)c(C(C)O)cc1F. The van der Waals surface area contributed by atoms with Crippen molar-refractivity contribution in [3.63, 3.8) is 0 Å². The number of aliphatic hydroxyl groups is 1. The molecule has 0 aliphatic rings. The monoisotopic (exact) mass is 342 g/mol. The molecule has 0 amide bonds. The molecule has 20 heavy (non-hydrogen) atoms. The van der Waals surface area contributed by atoms with Crippen LogP contribution in [0.2, 0.25) is 0 Å². The normalized spacial score (nSPS) is 12.3. The van der Waals surface area contributed by atoms with Gasteiger partial charge in [-0.2, -0.15) is 0 Å². The molecule has 106 valence electrons. The maximum absolute atomic E-state index is 13.6. The number of rotatable bonds is 3. The minimum Gasteiger partial charge on any atom is -0.456 e. The Kier molecular flexibility index (Phi) is 4.40. The molecule has 0 bridgehead atoms. The molecule has 0 fully saturated rings. The molecule has 0 spiro atoms. The number of halogens is 3. The van der Waals surface area contributed by atoms with Crippen molar-refractivity contribution in [2.45, 2.75) is 20.0 Å². The van der Waals surface area contributed by atoms with Gasteiger partial charge in [0, 0.05) is 11.6 Å². The molecule has 2 aromatic carbocycles. The first-order chi connectivity index (χ1) is 9.38. The van der Waals surface area contributed by atoms with E-state index in [1.54, 1.807) is 6.92 Å². The van der Waals surface area contributed by atoms with Crippen molar-refractivity contribution >= 4 is 15.9 Å². The second-order valence-corrected chi connectivity index (χ2v) is 5.35. The zero-order chi connectivity index (χ0) is 14.9. The number of benzene rings is 2. The Hall–Kier alpha value is -1.46. The van der Waals surface area contributed by atoms with Crippen molar-refractivity contribution in [2.75, 3.05) is 0 Å². The van der Waals surface area contributed by atoms with Gasteiger partial charge in [-0.25, -0.2) is 8.78 Å². The van der Waals surface area contributed by atoms with E-state index in [9.17, 15) is 13.9 Å². The van der Waals surface area contributed by atoms with Crippen LogP contribution in [0.5, 0.6) is 11.5 Å². The molecule has 1 unspecified atom stereocenters. The van der Waals surface area contributed by atoms with Gasteiger partial charge in [-0.1, -0.05) is 0 Å². The van der Waals surface area contributed by atoms with Crippen molar-refractivity contribution in [3.8, 4) is 11.5 Å². The Bertz CT molecular complexity index is 642. The van der Waals surface area contributed by atoms with Crippen molar-refractivity contribution in [2.24, 2.45) is 0 Å². The van der Waals surface area contributed by atoms with E-state index in [4.69, 9.17) is 4.74 Å². The molecule has 0 saturated heterocycles. The molecular formula is C15H13BrF2O2. The molecule has 2 nitrogen and oxygen atoms in total. The zero-order valence-corrected chi connectivity index (χ0v) is 12.5. The fourth-order valence-electron chi connectivity index (χ4n) is 1.76. The highest BCUT2D eigenvalue weighted by atomic mass is 79.9. The quantitative estimate of drug-likeness (QED) is 0.861. The van der Waals surface area contributed by atoms with E-state index < -0.39 is 17.7 Å². The first-order valence-corrected chi connectivity index (χ1v) is 6.79. The fraction of sp³-hybridized carbons (Fsp3) is 0.200. The molecule has 0 saturated carbocycles. The molecule has 2 rings (SSSR count). The van der Waals surface area contributed by atoms with Gasteiger partial charge in [-0.05, 0) is 59.6 Å². The van der Waals surface area contributed by atoms with Crippen LogP contribution in [-0.2, 0) is 0 Å². The predicted molar refractivity (Wildman–Crippen MR) is 75.9 cm³/mol. The highest BCUT2D eigenvalue weighted by Crippen LogP contribution is 2.35. The van der Waals surface area contributed by atoms with E-state index >= 15 is 0 Å². The van der Waals surface area contributed by atoms with E-state index in [0.29, 0.717) is 21.3 Å². The summed E-state index contributed by atoms with van der Waals surface area (Å²) in [6.07, 6.45) is -0.896. The molecule has 0 heterocycles. The van der Waals surface area contributed by atoms with Gasteiger partial charge in [-0.3, -0.25) is 0 Å². The lowest BCUT2D eigenvalue weighted by Crippen LogP contribution is -1.99. The molecule has 5 heteroatoms. The first-order valence-electron chi connectivity index (χ1n) is 5.99. The number of hydrogen-bond donors (Lipinski definition) is 1. The molecule has 1 atom stereocenters. The summed E-state index contributed by atoms with van der Waals surface area (Å²) in [5.74, 6) is -0.310. The standard InChI is InChI=1S/C15H13BrF2O2/c1-8-5-14(11(9(2)19)7-13(8)18)20-15-6-10(17)3-4-12(15)16/h3-7,9,19H,1-2H3. The molecule has 0 aliphatic carbocycles. The smallest absolute Gasteiger partial charge is 0.144 e. The van der Waals surface area contributed by atoms with Crippen LogP contribution in [0.3, 0.4) is 0 Å². The van der Waals surface area contributed by atoms with Gasteiger partial charge in [0.2, 0.25) is 0 Å². The Morgan fingerprint density at radius 1 is 1.15 bits per heavy atom. The Morgan fingerprint density at radius 2 is 1.85 bits per heavy atom. The van der Waals surface area contributed by atoms with Crippen LogP contribution in [0.1, 0.15) is 24.2 Å². The second kappa shape index (κ2) is 5.89. The molecule has 0 radical (unpaired) electrons. The Morgan fingerprint density at radius 3 is 2.50 bits per heavy atom. The lowest BCUT2D eigenvalue weighted by Gasteiger charge is -2.15. The van der Waals surface area contributed by atoms with Crippen molar-refractivity contribution in [3.05, 3.63) is 57.6 Å². The molecule has 0 aliphatic heterocycles. The lowest BCUT2D eigenvalue weighted by molar-refractivity contribution is 0.195. The predicted octanol–water partition coefficient (Wildman–Crippen LogP) is 4.88. The van der Waals surface area contributed by atoms with Crippen molar-refractivity contribution < 1.29 is 18.6 Å². The summed E-state index contributed by atoms with van der Waals surface area (Å²) in [6, 6.07) is 6.73. The van der Waals surface area contributed by atoms with Crippen molar-refractivity contribution in [1.82, 2.24) is 0 Å². The fourth-order valence-corrected chi connectivity index (χ4v) is 2.09. The van der Waals surface area contributed by atoms with E-state index in [-0.39, 0.29) is 5.75 Å². The number of ether oxygens (including phenoxy) is 1. The topological polar surface area (TPSA) is 29.5 Å². The number of hydrogen-bond acceptors (Lipinski definition) is 2. The minimum atomic E-state index is -0.896.